The zero-order valence-electron chi connectivity index (χ0n) is 14.8. The fourth-order valence-corrected chi connectivity index (χ4v) is 3.61. The zero-order chi connectivity index (χ0) is 16.9. The Kier molecular flexibility index (Phi) is 5.73. The largest absolute Gasteiger partial charge is 0.376 e. The molecule has 0 radical (unpaired) electrons. The second-order valence-electron chi connectivity index (χ2n) is 6.66. The average Bonchev–Trinajstić information content (AvgIpc) is 3.05. The smallest absolute Gasteiger partial charge is 0.317 e. The maximum Gasteiger partial charge on any atom is 0.317 e. The molecule has 2 saturated heterocycles. The van der Waals surface area contributed by atoms with Crippen LogP contribution >= 0.6 is 0 Å². The average molecular weight is 335 g/mol. The van der Waals surface area contributed by atoms with Gasteiger partial charge in [0, 0.05) is 52.2 Å². The highest BCUT2D eigenvalue weighted by atomic mass is 16.5. The Labute approximate surface area is 144 Å². The Morgan fingerprint density at radius 3 is 2.96 bits per heavy atom. The summed E-state index contributed by atoms with van der Waals surface area (Å²) < 4.78 is 7.74. The fourth-order valence-electron chi connectivity index (χ4n) is 3.61. The van der Waals surface area contributed by atoms with Crippen LogP contribution in [0.1, 0.15) is 38.1 Å². The van der Waals surface area contributed by atoms with Crippen LogP contribution in [-0.4, -0.2) is 70.8 Å². The van der Waals surface area contributed by atoms with E-state index >= 15 is 0 Å². The first kappa shape index (κ1) is 17.2. The highest BCUT2D eigenvalue weighted by Gasteiger charge is 2.32. The lowest BCUT2D eigenvalue weighted by Crippen LogP contribution is -2.54. The lowest BCUT2D eigenvalue weighted by atomic mass is 10.1. The van der Waals surface area contributed by atoms with Crippen molar-refractivity contribution in [2.24, 2.45) is 7.05 Å². The van der Waals surface area contributed by atoms with Gasteiger partial charge in [0.25, 0.3) is 0 Å². The number of aryl methyl sites for hydroxylation is 1. The van der Waals surface area contributed by atoms with Gasteiger partial charge < -0.3 is 19.5 Å². The maximum absolute atomic E-state index is 12.5. The summed E-state index contributed by atoms with van der Waals surface area (Å²) in [6.45, 7) is 6.86. The Morgan fingerprint density at radius 2 is 2.29 bits per heavy atom. The molecule has 1 aromatic rings. The SMILES string of the molecule is CCN1CCN(C(=O)NC[C@@H]2CCCCO2)C[C@@H]1c1nccn1C. The number of rotatable bonds is 4. The second-order valence-corrected chi connectivity index (χ2v) is 6.66. The zero-order valence-corrected chi connectivity index (χ0v) is 14.8. The summed E-state index contributed by atoms with van der Waals surface area (Å²) in [5.41, 5.74) is 0. The summed E-state index contributed by atoms with van der Waals surface area (Å²) >= 11 is 0. The molecule has 24 heavy (non-hydrogen) atoms. The molecule has 3 heterocycles. The lowest BCUT2D eigenvalue weighted by Gasteiger charge is -2.40. The van der Waals surface area contributed by atoms with Gasteiger partial charge in [-0.3, -0.25) is 4.90 Å². The summed E-state index contributed by atoms with van der Waals surface area (Å²) in [5.74, 6) is 1.02. The van der Waals surface area contributed by atoms with Crippen molar-refractivity contribution >= 4 is 6.03 Å². The number of nitrogens with one attached hydrogen (secondary N) is 1. The molecule has 2 aliphatic rings. The van der Waals surface area contributed by atoms with Crippen molar-refractivity contribution in [3.63, 3.8) is 0 Å². The summed E-state index contributed by atoms with van der Waals surface area (Å²) in [5, 5.41) is 3.05. The molecule has 2 amide bonds. The molecule has 2 aliphatic heterocycles. The van der Waals surface area contributed by atoms with Crippen molar-refractivity contribution in [3.05, 3.63) is 18.2 Å². The van der Waals surface area contributed by atoms with Crippen LogP contribution in [0.15, 0.2) is 12.4 Å². The van der Waals surface area contributed by atoms with Crippen molar-refractivity contribution in [1.29, 1.82) is 0 Å². The van der Waals surface area contributed by atoms with E-state index in [-0.39, 0.29) is 18.2 Å². The Morgan fingerprint density at radius 1 is 1.42 bits per heavy atom. The molecule has 1 N–H and O–H groups in total. The number of hydrogen-bond acceptors (Lipinski definition) is 4. The molecule has 0 unspecified atom stereocenters. The van der Waals surface area contributed by atoms with Crippen LogP contribution in [0.5, 0.6) is 0 Å². The lowest BCUT2D eigenvalue weighted by molar-refractivity contribution is 0.0168. The third-order valence-corrected chi connectivity index (χ3v) is 5.10. The van der Waals surface area contributed by atoms with Gasteiger partial charge in [0.15, 0.2) is 0 Å². The number of aromatic nitrogens is 2. The predicted octanol–water partition coefficient (Wildman–Crippen LogP) is 1.38. The minimum atomic E-state index is 0.0131. The van der Waals surface area contributed by atoms with Crippen LogP contribution in [0.25, 0.3) is 0 Å². The molecule has 2 atom stereocenters. The van der Waals surface area contributed by atoms with E-state index in [4.69, 9.17) is 4.74 Å². The monoisotopic (exact) mass is 335 g/mol. The topological polar surface area (TPSA) is 62.6 Å². The summed E-state index contributed by atoms with van der Waals surface area (Å²) in [6, 6.07) is 0.166. The van der Waals surface area contributed by atoms with E-state index in [1.54, 1.807) is 0 Å². The van der Waals surface area contributed by atoms with E-state index in [2.05, 4.69) is 22.1 Å². The maximum atomic E-state index is 12.5. The van der Waals surface area contributed by atoms with Crippen molar-refractivity contribution in [2.75, 3.05) is 39.3 Å². The van der Waals surface area contributed by atoms with E-state index in [0.29, 0.717) is 13.1 Å². The highest BCUT2D eigenvalue weighted by Crippen LogP contribution is 2.23. The fraction of sp³-hybridized carbons (Fsp3) is 0.765. The van der Waals surface area contributed by atoms with Gasteiger partial charge in [-0.1, -0.05) is 6.92 Å². The van der Waals surface area contributed by atoms with Crippen LogP contribution in [0, 0.1) is 0 Å². The van der Waals surface area contributed by atoms with Crippen molar-refractivity contribution in [2.45, 2.75) is 38.3 Å². The predicted molar refractivity (Wildman–Crippen MR) is 91.8 cm³/mol. The van der Waals surface area contributed by atoms with Gasteiger partial charge in [-0.15, -0.1) is 0 Å². The normalized spacial score (nSPS) is 25.7. The van der Waals surface area contributed by atoms with E-state index < -0.39 is 0 Å². The molecule has 0 aliphatic carbocycles. The molecule has 0 bridgehead atoms. The quantitative estimate of drug-likeness (QED) is 0.903. The number of carbonyl (C=O) groups excluding carboxylic acids is 1. The number of amides is 2. The van der Waals surface area contributed by atoms with Crippen LogP contribution in [0.4, 0.5) is 4.79 Å². The number of likely N-dealkylation sites (N-methyl/N-ethyl adjacent to an activating group) is 1. The van der Waals surface area contributed by atoms with Gasteiger partial charge in [0.2, 0.25) is 0 Å². The number of nitrogens with zero attached hydrogens (tertiary/aromatic N) is 4. The van der Waals surface area contributed by atoms with Crippen molar-refractivity contribution in [1.82, 2.24) is 24.7 Å². The molecule has 1 aromatic heterocycles. The van der Waals surface area contributed by atoms with E-state index in [9.17, 15) is 4.79 Å². The molecule has 3 rings (SSSR count). The third-order valence-electron chi connectivity index (χ3n) is 5.10. The summed E-state index contributed by atoms with van der Waals surface area (Å²) in [6.07, 6.45) is 7.32. The molecule has 0 saturated carbocycles. The first-order valence-corrected chi connectivity index (χ1v) is 9.04. The number of piperazine rings is 1. The van der Waals surface area contributed by atoms with Crippen LogP contribution in [0.2, 0.25) is 0 Å². The number of carbonyl (C=O) groups is 1. The van der Waals surface area contributed by atoms with E-state index in [1.165, 1.54) is 6.42 Å². The number of hydrogen-bond donors (Lipinski definition) is 1. The Balaban J connectivity index is 1.57. The van der Waals surface area contributed by atoms with Gasteiger partial charge in [-0.05, 0) is 25.8 Å². The van der Waals surface area contributed by atoms with E-state index in [1.807, 2.05) is 28.9 Å². The Bertz CT molecular complexity index is 541. The van der Waals surface area contributed by atoms with Crippen LogP contribution < -0.4 is 5.32 Å². The van der Waals surface area contributed by atoms with Gasteiger partial charge >= 0.3 is 6.03 Å². The minimum Gasteiger partial charge on any atom is -0.376 e. The number of urea groups is 1. The van der Waals surface area contributed by atoms with Crippen LogP contribution in [0.3, 0.4) is 0 Å². The summed E-state index contributed by atoms with van der Waals surface area (Å²) in [7, 11) is 2.01. The number of imidazole rings is 1. The molecular weight excluding hydrogens is 306 g/mol. The third kappa shape index (κ3) is 3.89. The summed E-state index contributed by atoms with van der Waals surface area (Å²) in [4.78, 5) is 21.3. The first-order valence-electron chi connectivity index (χ1n) is 9.04. The highest BCUT2D eigenvalue weighted by molar-refractivity contribution is 5.74. The van der Waals surface area contributed by atoms with Gasteiger partial charge in [0.1, 0.15) is 5.82 Å². The molecule has 2 fully saturated rings. The molecule has 0 spiro atoms. The molecule has 7 nitrogen and oxygen atoms in total. The van der Waals surface area contributed by atoms with Crippen LogP contribution in [-0.2, 0) is 11.8 Å². The standard InChI is InChI=1S/C17H29N5O2/c1-3-21-9-10-22(13-15(21)16-18-7-8-20(16)2)17(23)19-12-14-6-4-5-11-24-14/h7-8,14-15H,3-6,9-13H2,1-2H3,(H,19,23)/t14-,15+/m0/s1. The van der Waals surface area contributed by atoms with Gasteiger partial charge in [-0.25, -0.2) is 9.78 Å². The van der Waals surface area contributed by atoms with Crippen molar-refractivity contribution < 1.29 is 9.53 Å². The minimum absolute atomic E-state index is 0.0131. The first-order chi connectivity index (χ1) is 11.7. The number of ether oxygens (including phenoxy) is 1. The van der Waals surface area contributed by atoms with Gasteiger partial charge in [-0.2, -0.15) is 0 Å². The molecule has 0 aromatic carbocycles. The van der Waals surface area contributed by atoms with Crippen molar-refractivity contribution in [3.8, 4) is 0 Å². The van der Waals surface area contributed by atoms with E-state index in [0.717, 1.165) is 44.9 Å². The molecule has 7 heteroatoms. The Hall–Kier alpha value is -1.60. The molecule has 134 valence electrons. The second kappa shape index (κ2) is 7.98. The van der Waals surface area contributed by atoms with Gasteiger partial charge in [0.05, 0.1) is 12.1 Å². The molecular formula is C17H29N5O2.